The zero-order valence-electron chi connectivity index (χ0n) is 6.82. The fourth-order valence-electron chi connectivity index (χ4n) is 1.68. The van der Waals surface area contributed by atoms with Crippen LogP contribution in [-0.4, -0.2) is 18.9 Å². The maximum absolute atomic E-state index is 9.39. The van der Waals surface area contributed by atoms with Gasteiger partial charge in [-0.3, -0.25) is 0 Å². The van der Waals surface area contributed by atoms with Crippen molar-refractivity contribution in [2.45, 2.75) is 6.61 Å². The molecule has 0 amide bonds. The molecule has 0 aromatic heterocycles. The number of hydrogen-bond donors (Lipinski definition) is 1. The van der Waals surface area contributed by atoms with E-state index in [4.69, 9.17) is 14.1 Å². The molecule has 0 fully saturated rings. The zero-order valence-corrected chi connectivity index (χ0v) is 6.82. The van der Waals surface area contributed by atoms with Gasteiger partial charge in [0.2, 0.25) is 6.79 Å². The van der Waals surface area contributed by atoms with Gasteiger partial charge in [-0.05, 0) is 11.5 Å². The lowest BCUT2D eigenvalue weighted by Crippen LogP contribution is -2.27. The van der Waals surface area contributed by atoms with E-state index < -0.39 is 7.12 Å². The molecule has 1 aromatic rings. The SMILES string of the molecule is OB1OCc2c1ccc1c2OCO1. The van der Waals surface area contributed by atoms with E-state index in [-0.39, 0.29) is 6.79 Å². The van der Waals surface area contributed by atoms with E-state index in [2.05, 4.69) is 0 Å². The third kappa shape index (κ3) is 0.883. The molecule has 5 heteroatoms. The van der Waals surface area contributed by atoms with E-state index >= 15 is 0 Å². The zero-order chi connectivity index (χ0) is 8.84. The van der Waals surface area contributed by atoms with Crippen LogP contribution in [0.4, 0.5) is 0 Å². The average molecular weight is 178 g/mol. The molecule has 0 spiro atoms. The molecule has 66 valence electrons. The molecule has 0 radical (unpaired) electrons. The third-order valence-electron chi connectivity index (χ3n) is 2.33. The molecule has 0 bridgehead atoms. The Kier molecular flexibility index (Phi) is 1.33. The van der Waals surface area contributed by atoms with Gasteiger partial charge in [-0.2, -0.15) is 0 Å². The van der Waals surface area contributed by atoms with Gasteiger partial charge >= 0.3 is 7.12 Å². The first-order valence-corrected chi connectivity index (χ1v) is 4.07. The Morgan fingerprint density at radius 1 is 1.31 bits per heavy atom. The highest BCUT2D eigenvalue weighted by atomic mass is 16.7. The Bertz CT molecular complexity index is 365. The van der Waals surface area contributed by atoms with Crippen LogP contribution in [0.15, 0.2) is 12.1 Å². The van der Waals surface area contributed by atoms with E-state index in [0.717, 1.165) is 16.8 Å². The van der Waals surface area contributed by atoms with E-state index in [1.807, 2.05) is 0 Å². The summed E-state index contributed by atoms with van der Waals surface area (Å²) in [5.74, 6) is 1.45. The number of rotatable bonds is 0. The summed E-state index contributed by atoms with van der Waals surface area (Å²) < 4.78 is 15.5. The highest BCUT2D eigenvalue weighted by molar-refractivity contribution is 6.61. The van der Waals surface area contributed by atoms with Crippen molar-refractivity contribution < 1.29 is 19.2 Å². The van der Waals surface area contributed by atoms with Crippen molar-refractivity contribution in [3.8, 4) is 11.5 Å². The lowest BCUT2D eigenvalue weighted by atomic mass is 9.79. The number of hydrogen-bond acceptors (Lipinski definition) is 4. The molecule has 0 saturated heterocycles. The molecule has 2 aliphatic rings. The molecule has 0 atom stereocenters. The Labute approximate surface area is 75.2 Å². The van der Waals surface area contributed by atoms with E-state index in [9.17, 15) is 5.02 Å². The standard InChI is InChI=1S/C8H7BO4/c10-9-6-1-2-7-8(12-4-11-7)5(6)3-13-9/h1-2,10H,3-4H2. The summed E-state index contributed by atoms with van der Waals surface area (Å²) in [5, 5.41) is 9.39. The Morgan fingerprint density at radius 2 is 2.23 bits per heavy atom. The van der Waals surface area contributed by atoms with Crippen LogP contribution in [-0.2, 0) is 11.3 Å². The monoisotopic (exact) mass is 178 g/mol. The quantitative estimate of drug-likeness (QED) is 0.550. The lowest BCUT2D eigenvalue weighted by Gasteiger charge is -2.01. The van der Waals surface area contributed by atoms with Crippen molar-refractivity contribution in [1.82, 2.24) is 0 Å². The molecule has 13 heavy (non-hydrogen) atoms. The van der Waals surface area contributed by atoms with Crippen molar-refractivity contribution in [1.29, 1.82) is 0 Å². The van der Waals surface area contributed by atoms with Crippen LogP contribution in [0.1, 0.15) is 5.56 Å². The topological polar surface area (TPSA) is 47.9 Å². The molecular weight excluding hydrogens is 171 g/mol. The molecule has 0 saturated carbocycles. The molecule has 3 rings (SSSR count). The van der Waals surface area contributed by atoms with Crippen molar-refractivity contribution in [3.05, 3.63) is 17.7 Å². The van der Waals surface area contributed by atoms with Crippen molar-refractivity contribution in [2.75, 3.05) is 6.79 Å². The smallest absolute Gasteiger partial charge is 0.454 e. The lowest BCUT2D eigenvalue weighted by molar-refractivity contribution is 0.172. The molecule has 0 unspecified atom stereocenters. The molecule has 1 aromatic carbocycles. The first-order chi connectivity index (χ1) is 6.36. The van der Waals surface area contributed by atoms with Gasteiger partial charge in [0.1, 0.15) is 0 Å². The van der Waals surface area contributed by atoms with Crippen LogP contribution in [0.5, 0.6) is 11.5 Å². The first kappa shape index (κ1) is 7.23. The third-order valence-corrected chi connectivity index (χ3v) is 2.33. The van der Waals surface area contributed by atoms with E-state index in [1.54, 1.807) is 12.1 Å². The summed E-state index contributed by atoms with van der Waals surface area (Å²) in [5.41, 5.74) is 1.69. The second-order valence-corrected chi connectivity index (χ2v) is 3.03. The van der Waals surface area contributed by atoms with Gasteiger partial charge in [0.05, 0.1) is 6.61 Å². The minimum absolute atomic E-state index is 0.252. The Balaban J connectivity index is 2.21. The normalized spacial score (nSPS) is 17.8. The van der Waals surface area contributed by atoms with Gasteiger partial charge < -0.3 is 19.2 Å². The maximum atomic E-state index is 9.39. The Hall–Kier alpha value is -1.20. The van der Waals surface area contributed by atoms with Crippen LogP contribution in [0, 0.1) is 0 Å². The van der Waals surface area contributed by atoms with Crippen molar-refractivity contribution in [2.24, 2.45) is 0 Å². The number of benzene rings is 1. The summed E-state index contributed by atoms with van der Waals surface area (Å²) in [7, 11) is -0.815. The molecular formula is C8H7BO4. The number of fused-ring (bicyclic) bond motifs is 3. The summed E-state index contributed by atoms with van der Waals surface area (Å²) in [4.78, 5) is 0. The van der Waals surface area contributed by atoms with Gasteiger partial charge in [-0.25, -0.2) is 0 Å². The summed E-state index contributed by atoms with van der Waals surface area (Å²) >= 11 is 0. The van der Waals surface area contributed by atoms with Gasteiger partial charge in [-0.1, -0.05) is 6.07 Å². The summed E-state index contributed by atoms with van der Waals surface area (Å²) in [6.45, 7) is 0.644. The average Bonchev–Trinajstić information content (AvgIpc) is 2.70. The van der Waals surface area contributed by atoms with Crippen molar-refractivity contribution in [3.63, 3.8) is 0 Å². The molecule has 2 heterocycles. The summed E-state index contributed by atoms with van der Waals surface area (Å²) in [6, 6.07) is 3.60. The second kappa shape index (κ2) is 2.40. The molecule has 4 nitrogen and oxygen atoms in total. The summed E-state index contributed by atoms with van der Waals surface area (Å²) in [6.07, 6.45) is 0. The van der Waals surface area contributed by atoms with Crippen LogP contribution in [0.3, 0.4) is 0 Å². The largest absolute Gasteiger partial charge is 0.491 e. The van der Waals surface area contributed by atoms with Gasteiger partial charge in [0.25, 0.3) is 0 Å². The Morgan fingerprint density at radius 3 is 3.15 bits per heavy atom. The highest BCUT2D eigenvalue weighted by Gasteiger charge is 2.33. The fraction of sp³-hybridized carbons (Fsp3) is 0.250. The predicted molar refractivity (Wildman–Crippen MR) is 45.0 cm³/mol. The highest BCUT2D eigenvalue weighted by Crippen LogP contribution is 2.36. The van der Waals surface area contributed by atoms with E-state index in [0.29, 0.717) is 12.4 Å². The number of ether oxygens (including phenoxy) is 2. The maximum Gasteiger partial charge on any atom is 0.491 e. The van der Waals surface area contributed by atoms with Crippen LogP contribution < -0.4 is 14.9 Å². The minimum Gasteiger partial charge on any atom is -0.454 e. The minimum atomic E-state index is -0.815. The first-order valence-electron chi connectivity index (χ1n) is 4.07. The van der Waals surface area contributed by atoms with Crippen LogP contribution >= 0.6 is 0 Å². The molecule has 0 aliphatic carbocycles. The van der Waals surface area contributed by atoms with Gasteiger partial charge in [0, 0.05) is 5.56 Å². The molecule has 1 N–H and O–H groups in total. The second-order valence-electron chi connectivity index (χ2n) is 3.03. The predicted octanol–water partition coefficient (Wildman–Crippen LogP) is -0.367. The van der Waals surface area contributed by atoms with Crippen LogP contribution in [0.2, 0.25) is 0 Å². The molecule has 2 aliphatic heterocycles. The van der Waals surface area contributed by atoms with E-state index in [1.165, 1.54) is 0 Å². The van der Waals surface area contributed by atoms with Crippen LogP contribution in [0.25, 0.3) is 0 Å². The van der Waals surface area contributed by atoms with Gasteiger partial charge in [0.15, 0.2) is 11.5 Å². The van der Waals surface area contributed by atoms with Gasteiger partial charge in [-0.15, -0.1) is 0 Å². The fourth-order valence-corrected chi connectivity index (χ4v) is 1.68. The van der Waals surface area contributed by atoms with Crippen molar-refractivity contribution >= 4 is 12.6 Å².